The van der Waals surface area contributed by atoms with E-state index >= 15 is 0 Å². The molecule has 0 amide bonds. The Morgan fingerprint density at radius 3 is 2.00 bits per heavy atom. The number of hydrogen-bond donors (Lipinski definition) is 1. The molecular formula is C6H13F3N2. The number of alkyl halides is 3. The van der Waals surface area contributed by atoms with E-state index in [1.54, 1.807) is 6.92 Å². The Morgan fingerprint density at radius 1 is 1.45 bits per heavy atom. The SMILES string of the molecule is CCN(C)C(CN)C(F)(F)F. The maximum atomic E-state index is 12.0. The molecule has 0 radical (unpaired) electrons. The van der Waals surface area contributed by atoms with E-state index in [9.17, 15) is 13.2 Å². The van der Waals surface area contributed by atoms with Crippen LogP contribution in [0.5, 0.6) is 0 Å². The molecule has 0 spiro atoms. The summed E-state index contributed by atoms with van der Waals surface area (Å²) in [7, 11) is 1.41. The van der Waals surface area contributed by atoms with E-state index in [-0.39, 0.29) is 6.54 Å². The van der Waals surface area contributed by atoms with Gasteiger partial charge in [0, 0.05) is 6.54 Å². The van der Waals surface area contributed by atoms with Gasteiger partial charge >= 0.3 is 6.18 Å². The average Bonchev–Trinajstić information content (AvgIpc) is 1.86. The summed E-state index contributed by atoms with van der Waals surface area (Å²) >= 11 is 0. The van der Waals surface area contributed by atoms with Crippen molar-refractivity contribution in [2.45, 2.75) is 19.1 Å². The van der Waals surface area contributed by atoms with E-state index in [0.717, 1.165) is 0 Å². The number of rotatable bonds is 3. The smallest absolute Gasteiger partial charge is 0.329 e. The molecule has 1 atom stereocenters. The minimum absolute atomic E-state index is 0.349. The van der Waals surface area contributed by atoms with Crippen LogP contribution in [0.15, 0.2) is 0 Å². The molecule has 5 heteroatoms. The van der Waals surface area contributed by atoms with Gasteiger partial charge in [-0.25, -0.2) is 0 Å². The Morgan fingerprint density at radius 2 is 1.91 bits per heavy atom. The van der Waals surface area contributed by atoms with Crippen molar-refractivity contribution in [2.75, 3.05) is 20.1 Å². The molecule has 2 nitrogen and oxygen atoms in total. The second kappa shape index (κ2) is 3.92. The average molecular weight is 170 g/mol. The third-order valence-electron chi connectivity index (χ3n) is 1.63. The first-order valence-electron chi connectivity index (χ1n) is 3.40. The van der Waals surface area contributed by atoms with Crippen LogP contribution in [0, 0.1) is 0 Å². The third kappa shape index (κ3) is 3.07. The van der Waals surface area contributed by atoms with Crippen molar-refractivity contribution in [1.29, 1.82) is 0 Å². The quantitative estimate of drug-likeness (QED) is 0.679. The summed E-state index contributed by atoms with van der Waals surface area (Å²) in [6.07, 6.45) is -4.21. The van der Waals surface area contributed by atoms with Crippen LogP contribution in [0.4, 0.5) is 13.2 Å². The fraction of sp³-hybridized carbons (Fsp3) is 1.00. The molecule has 0 aromatic rings. The summed E-state index contributed by atoms with van der Waals surface area (Å²) in [6.45, 7) is 1.63. The number of nitrogens with zero attached hydrogens (tertiary/aromatic N) is 1. The van der Waals surface area contributed by atoms with Gasteiger partial charge in [-0.1, -0.05) is 6.92 Å². The zero-order chi connectivity index (χ0) is 9.07. The lowest BCUT2D eigenvalue weighted by Crippen LogP contribution is -2.48. The normalized spacial score (nSPS) is 15.5. The molecule has 0 aliphatic rings. The highest BCUT2D eigenvalue weighted by Crippen LogP contribution is 2.22. The van der Waals surface area contributed by atoms with Crippen molar-refractivity contribution < 1.29 is 13.2 Å². The van der Waals surface area contributed by atoms with Crippen LogP contribution in [-0.2, 0) is 0 Å². The van der Waals surface area contributed by atoms with Crippen molar-refractivity contribution in [3.05, 3.63) is 0 Å². The Balaban J connectivity index is 4.16. The molecule has 0 aliphatic heterocycles. The highest BCUT2D eigenvalue weighted by atomic mass is 19.4. The molecule has 0 bridgehead atoms. The van der Waals surface area contributed by atoms with Crippen molar-refractivity contribution in [2.24, 2.45) is 5.73 Å². The molecule has 0 saturated heterocycles. The van der Waals surface area contributed by atoms with Crippen molar-refractivity contribution in [1.82, 2.24) is 4.90 Å². The first-order valence-corrected chi connectivity index (χ1v) is 3.40. The van der Waals surface area contributed by atoms with Gasteiger partial charge in [-0.2, -0.15) is 13.2 Å². The van der Waals surface area contributed by atoms with E-state index in [0.29, 0.717) is 6.54 Å². The fourth-order valence-electron chi connectivity index (χ4n) is 0.784. The van der Waals surface area contributed by atoms with E-state index in [4.69, 9.17) is 5.73 Å². The van der Waals surface area contributed by atoms with E-state index in [2.05, 4.69) is 0 Å². The molecule has 0 aromatic carbocycles. The molecule has 11 heavy (non-hydrogen) atoms. The van der Waals surface area contributed by atoms with Gasteiger partial charge in [-0.3, -0.25) is 4.90 Å². The summed E-state index contributed by atoms with van der Waals surface area (Å²) in [5.41, 5.74) is 4.97. The lowest BCUT2D eigenvalue weighted by molar-refractivity contribution is -0.176. The van der Waals surface area contributed by atoms with Crippen LogP contribution in [0.1, 0.15) is 6.92 Å². The summed E-state index contributed by atoms with van der Waals surface area (Å²) < 4.78 is 36.1. The molecule has 0 heterocycles. The Bertz CT molecular complexity index is 113. The summed E-state index contributed by atoms with van der Waals surface area (Å²) in [5.74, 6) is 0. The largest absolute Gasteiger partial charge is 0.405 e. The molecule has 2 N–H and O–H groups in total. The number of halogens is 3. The highest BCUT2D eigenvalue weighted by Gasteiger charge is 2.40. The number of likely N-dealkylation sites (N-methyl/N-ethyl adjacent to an activating group) is 1. The summed E-state index contributed by atoms with van der Waals surface area (Å²) in [6, 6.07) is -1.51. The molecule has 1 unspecified atom stereocenters. The predicted molar refractivity (Wildman–Crippen MR) is 37.2 cm³/mol. The van der Waals surface area contributed by atoms with Crippen LogP contribution >= 0.6 is 0 Å². The van der Waals surface area contributed by atoms with Gasteiger partial charge in [0.15, 0.2) is 0 Å². The maximum absolute atomic E-state index is 12.0. The summed E-state index contributed by atoms with van der Waals surface area (Å²) in [5, 5.41) is 0. The van der Waals surface area contributed by atoms with Gasteiger partial charge in [0.25, 0.3) is 0 Å². The first kappa shape index (κ1) is 10.7. The highest BCUT2D eigenvalue weighted by molar-refractivity contribution is 4.76. The lowest BCUT2D eigenvalue weighted by Gasteiger charge is -2.27. The first-order chi connectivity index (χ1) is 4.93. The van der Waals surface area contributed by atoms with Gasteiger partial charge in [0.1, 0.15) is 6.04 Å². The zero-order valence-corrected chi connectivity index (χ0v) is 6.65. The van der Waals surface area contributed by atoms with Crippen LogP contribution in [0.2, 0.25) is 0 Å². The lowest BCUT2D eigenvalue weighted by atomic mass is 10.2. The minimum Gasteiger partial charge on any atom is -0.329 e. The van der Waals surface area contributed by atoms with Crippen molar-refractivity contribution >= 4 is 0 Å². The van der Waals surface area contributed by atoms with E-state index < -0.39 is 12.2 Å². The molecule has 68 valence electrons. The predicted octanol–water partition coefficient (Wildman–Crippen LogP) is 0.828. The Hall–Kier alpha value is -0.290. The van der Waals surface area contributed by atoms with Gasteiger partial charge in [0.2, 0.25) is 0 Å². The van der Waals surface area contributed by atoms with E-state index in [1.807, 2.05) is 0 Å². The monoisotopic (exact) mass is 170 g/mol. The van der Waals surface area contributed by atoms with Gasteiger partial charge in [0.05, 0.1) is 0 Å². The zero-order valence-electron chi connectivity index (χ0n) is 6.65. The summed E-state index contributed by atoms with van der Waals surface area (Å²) in [4.78, 5) is 1.18. The Kier molecular flexibility index (Phi) is 3.82. The molecule has 0 saturated carbocycles. The Labute approximate surface area is 64.2 Å². The second-order valence-corrected chi connectivity index (χ2v) is 2.37. The molecule has 0 fully saturated rings. The molecular weight excluding hydrogens is 157 g/mol. The van der Waals surface area contributed by atoms with Crippen molar-refractivity contribution in [3.8, 4) is 0 Å². The van der Waals surface area contributed by atoms with Gasteiger partial charge in [-0.15, -0.1) is 0 Å². The van der Waals surface area contributed by atoms with Crippen LogP contribution in [-0.4, -0.2) is 37.3 Å². The van der Waals surface area contributed by atoms with Gasteiger partial charge in [-0.05, 0) is 13.6 Å². The van der Waals surface area contributed by atoms with Crippen molar-refractivity contribution in [3.63, 3.8) is 0 Å². The van der Waals surface area contributed by atoms with Gasteiger partial charge < -0.3 is 5.73 Å². The van der Waals surface area contributed by atoms with Crippen LogP contribution in [0.25, 0.3) is 0 Å². The topological polar surface area (TPSA) is 29.3 Å². The molecule has 0 rings (SSSR count). The third-order valence-corrected chi connectivity index (χ3v) is 1.63. The van der Waals surface area contributed by atoms with Crippen LogP contribution in [0.3, 0.4) is 0 Å². The number of hydrogen-bond acceptors (Lipinski definition) is 2. The maximum Gasteiger partial charge on any atom is 0.405 e. The standard InChI is InChI=1S/C6H13F3N2/c1-3-11(2)5(4-10)6(7,8)9/h5H,3-4,10H2,1-2H3. The molecule has 0 aliphatic carbocycles. The van der Waals surface area contributed by atoms with Crippen LogP contribution < -0.4 is 5.73 Å². The number of nitrogens with two attached hydrogens (primary N) is 1. The second-order valence-electron chi connectivity index (χ2n) is 2.37. The molecule has 0 aromatic heterocycles. The minimum atomic E-state index is -4.21. The van der Waals surface area contributed by atoms with E-state index in [1.165, 1.54) is 11.9 Å². The fourth-order valence-corrected chi connectivity index (χ4v) is 0.784.